The van der Waals surface area contributed by atoms with Gasteiger partial charge in [-0.2, -0.15) is 10.5 Å². The van der Waals surface area contributed by atoms with Crippen molar-refractivity contribution in [2.45, 2.75) is 24.7 Å². The first kappa shape index (κ1) is 67.8. The van der Waals surface area contributed by atoms with Gasteiger partial charge in [0.2, 0.25) is 0 Å². The molecule has 0 atom stereocenters. The predicted octanol–water partition coefficient (Wildman–Crippen LogP) is 25.0. The summed E-state index contributed by atoms with van der Waals surface area (Å²) in [7, 11) is 0. The molecule has 0 radical (unpaired) electrons. The van der Waals surface area contributed by atoms with Crippen molar-refractivity contribution in [1.82, 2.24) is 39.0 Å². The topological polar surface area (TPSA) is 135 Å². The molecule has 4 aliphatic rings. The smallest absolute Gasteiger partial charge is 0.164 e. The molecule has 24 rings (SSSR count). The molecule has 0 unspecified atom stereocenters. The van der Waals surface area contributed by atoms with Gasteiger partial charge in [0.15, 0.2) is 34.9 Å². The lowest BCUT2D eigenvalue weighted by molar-refractivity contribution is 0.794. The Morgan fingerprint density at radius 3 is 0.839 bits per heavy atom. The molecule has 0 aliphatic heterocycles. The first-order chi connectivity index (χ1) is 58.2. The lowest BCUT2D eigenvalue weighted by Gasteiger charge is -2.30. The van der Waals surface area contributed by atoms with Crippen LogP contribution in [0.2, 0.25) is 0 Å². The highest BCUT2D eigenvalue weighted by atomic mass is 15.1. The van der Waals surface area contributed by atoms with Gasteiger partial charge in [-0.25, -0.2) is 29.9 Å². The second-order valence-electron chi connectivity index (χ2n) is 31.1. The van der Waals surface area contributed by atoms with Crippen LogP contribution >= 0.6 is 0 Å². The number of benzene rings is 16. The summed E-state index contributed by atoms with van der Waals surface area (Å²) in [5.74, 6) is 3.33. The molecule has 0 fully saturated rings. The van der Waals surface area contributed by atoms with E-state index in [9.17, 15) is 10.5 Å². The minimum Gasteiger partial charge on any atom is -0.308 e. The highest BCUT2D eigenvalue weighted by Gasteiger charge is 2.54. The zero-order valence-corrected chi connectivity index (χ0v) is 64.1. The SMILES string of the molecule is Cc1ccc2c(c1)-c1cc(C)ccc1C21c2ccccc2-c2cc3c(cc21)c1ccccc1n3-c1ccc(-c2nc(-c3ccccc3)nc(-c3ccccc3)n2)cc1C#N.N#Cc1cc(-c2nc(-c3ccccc3)nc(-c3ccccc3)n2)ccc1-n1c2ccccc2c2cc3c(cc21)-c1ccccc1C31c2ccccc2-c2ccccc21. The van der Waals surface area contributed by atoms with Crippen molar-refractivity contribution >= 4 is 43.6 Å². The summed E-state index contributed by atoms with van der Waals surface area (Å²) >= 11 is 0. The van der Waals surface area contributed by atoms with E-state index in [2.05, 4.69) is 241 Å². The average Bonchev–Trinajstić information content (AvgIpc) is 1.51. The van der Waals surface area contributed by atoms with Crippen LogP contribution in [0.4, 0.5) is 0 Å². The number of nitrogens with zero attached hydrogens (tertiary/aromatic N) is 10. The molecule has 4 heterocycles. The first-order valence-corrected chi connectivity index (χ1v) is 39.8. The van der Waals surface area contributed by atoms with Gasteiger partial charge in [0, 0.05) is 54.9 Å². The number of fused-ring (bicyclic) bond motifs is 26. The second kappa shape index (κ2) is 26.4. The number of aryl methyl sites for hydroxylation is 2. The Morgan fingerprint density at radius 1 is 0.220 bits per heavy atom. The quantitative estimate of drug-likeness (QED) is 0.147. The highest BCUT2D eigenvalue weighted by Crippen LogP contribution is 2.66. The highest BCUT2D eigenvalue weighted by molar-refractivity contribution is 6.14. The molecule has 0 saturated heterocycles. The molecular weight excluding hydrogens is 1440 g/mol. The van der Waals surface area contributed by atoms with Crippen molar-refractivity contribution in [2.24, 2.45) is 0 Å². The summed E-state index contributed by atoms with van der Waals surface area (Å²) in [4.78, 5) is 29.6. The second-order valence-corrected chi connectivity index (χ2v) is 31.1. The minimum absolute atomic E-state index is 0.447. The van der Waals surface area contributed by atoms with Gasteiger partial charge in [0.1, 0.15) is 12.1 Å². The molecule has 10 nitrogen and oxygen atoms in total. The van der Waals surface area contributed by atoms with E-state index in [0.29, 0.717) is 46.1 Å². The fourth-order valence-electron chi connectivity index (χ4n) is 19.7. The maximum atomic E-state index is 10.9. The molecule has 20 aromatic rings. The summed E-state index contributed by atoms with van der Waals surface area (Å²) in [5.41, 5.74) is 34.1. The number of rotatable bonds is 8. The van der Waals surface area contributed by atoms with Crippen molar-refractivity contribution in [1.29, 1.82) is 10.5 Å². The Morgan fingerprint density at radius 2 is 0.500 bits per heavy atom. The minimum atomic E-state index is -0.462. The number of para-hydroxylation sites is 2. The lowest BCUT2D eigenvalue weighted by Crippen LogP contribution is -2.25. The third-order valence-electron chi connectivity index (χ3n) is 24.7. The largest absolute Gasteiger partial charge is 0.308 e. The average molecular weight is 1500 g/mol. The van der Waals surface area contributed by atoms with Crippen LogP contribution < -0.4 is 0 Å². The van der Waals surface area contributed by atoms with E-state index in [4.69, 9.17) is 29.9 Å². The normalized spacial score (nSPS) is 12.9. The van der Waals surface area contributed by atoms with E-state index in [1.165, 1.54) is 100 Å². The van der Waals surface area contributed by atoms with E-state index >= 15 is 0 Å². The summed E-state index contributed by atoms with van der Waals surface area (Å²) in [6.45, 7) is 4.37. The summed E-state index contributed by atoms with van der Waals surface area (Å²) in [6.07, 6.45) is 0. The molecule has 4 aromatic heterocycles. The Bertz CT molecular complexity index is 7520. The molecule has 2 spiro atoms. The summed E-state index contributed by atoms with van der Waals surface area (Å²) < 4.78 is 4.53. The molecule has 548 valence electrons. The molecule has 118 heavy (non-hydrogen) atoms. The van der Waals surface area contributed by atoms with Crippen LogP contribution in [0.25, 0.3) is 168 Å². The number of nitriles is 2. The zero-order chi connectivity index (χ0) is 78.5. The van der Waals surface area contributed by atoms with Gasteiger partial charge in [0.25, 0.3) is 0 Å². The number of hydrogen-bond donors (Lipinski definition) is 0. The van der Waals surface area contributed by atoms with Gasteiger partial charge in [-0.15, -0.1) is 0 Å². The van der Waals surface area contributed by atoms with Gasteiger partial charge < -0.3 is 9.13 Å². The molecule has 0 saturated carbocycles. The Hall–Kier alpha value is -15.9. The standard InChI is InChI=1S/C55H35N5.C53H31N5/c1-33-21-24-46-41(27-33)42-28-34(2)22-25-47(42)55(46)45-19-11-9-17-39(45)43-31-51-44(30-48(43)55)40-18-10-12-20-50(40)60(51)49-26-23-37(29-38(49)32-56)54-58-52(35-13-5-3-6-14-35)57-53(59-54)36-15-7-4-8-16-36;54-32-36-29-35(52-56-50(33-15-3-1-4-16-33)55-51(57-52)34-17-5-2-6-18-34)27-28-47(36)58-48-26-14-10-22-40(48)42-30-46-41(31-49(42)58)39-21-9-13-25-45(39)53(46)43-23-11-7-19-37(43)38-20-8-12-24-44(38)53/h3-31H,1-2H3;1-31H. The van der Waals surface area contributed by atoms with E-state index in [-0.39, 0.29) is 0 Å². The van der Waals surface area contributed by atoms with Crippen LogP contribution in [0.15, 0.2) is 364 Å². The number of hydrogen-bond acceptors (Lipinski definition) is 8. The molecule has 0 amide bonds. The molecule has 4 aliphatic carbocycles. The Labute approximate surface area is 680 Å². The van der Waals surface area contributed by atoms with Gasteiger partial charge in [-0.05, 0) is 176 Å². The third kappa shape index (κ3) is 9.97. The fourth-order valence-corrected chi connectivity index (χ4v) is 19.7. The lowest BCUT2D eigenvalue weighted by atomic mass is 9.70. The number of aromatic nitrogens is 8. The third-order valence-corrected chi connectivity index (χ3v) is 24.7. The Balaban J connectivity index is 0.000000138. The molecule has 0 N–H and O–H groups in total. The van der Waals surface area contributed by atoms with E-state index < -0.39 is 10.8 Å². The van der Waals surface area contributed by atoms with Crippen LogP contribution in [-0.2, 0) is 10.8 Å². The molecule has 0 bridgehead atoms. The van der Waals surface area contributed by atoms with Crippen molar-refractivity contribution in [3.63, 3.8) is 0 Å². The van der Waals surface area contributed by atoms with Crippen molar-refractivity contribution in [3.05, 3.63) is 431 Å². The van der Waals surface area contributed by atoms with Crippen LogP contribution in [0.3, 0.4) is 0 Å². The van der Waals surface area contributed by atoms with Crippen LogP contribution in [0.5, 0.6) is 0 Å². The first-order valence-electron chi connectivity index (χ1n) is 39.8. The van der Waals surface area contributed by atoms with Crippen LogP contribution in [-0.4, -0.2) is 39.0 Å². The van der Waals surface area contributed by atoms with Gasteiger partial charge in [0.05, 0.1) is 55.4 Å². The van der Waals surface area contributed by atoms with Gasteiger partial charge in [-0.1, -0.05) is 302 Å². The van der Waals surface area contributed by atoms with Crippen molar-refractivity contribution < 1.29 is 0 Å². The monoisotopic (exact) mass is 1500 g/mol. The fraction of sp³-hybridized carbons (Fsp3) is 0.0370. The van der Waals surface area contributed by atoms with Crippen LogP contribution in [0, 0.1) is 36.5 Å². The zero-order valence-electron chi connectivity index (χ0n) is 64.1. The van der Waals surface area contributed by atoms with E-state index in [1.807, 2.05) is 158 Å². The van der Waals surface area contributed by atoms with Crippen molar-refractivity contribution in [2.75, 3.05) is 0 Å². The maximum absolute atomic E-state index is 10.9. The van der Waals surface area contributed by atoms with Gasteiger partial charge >= 0.3 is 0 Å². The molecular formula is C108H66N10. The van der Waals surface area contributed by atoms with E-state index in [0.717, 1.165) is 88.4 Å². The summed E-state index contributed by atoms with van der Waals surface area (Å²) in [5, 5.41) is 26.4. The van der Waals surface area contributed by atoms with Crippen molar-refractivity contribution in [3.8, 4) is 136 Å². The molecule has 16 aromatic carbocycles. The van der Waals surface area contributed by atoms with Gasteiger partial charge in [-0.3, -0.25) is 0 Å². The Kier molecular flexibility index (Phi) is 15.1. The predicted molar refractivity (Wildman–Crippen MR) is 472 cm³/mol. The summed E-state index contributed by atoms with van der Waals surface area (Å²) in [6, 6.07) is 133. The maximum Gasteiger partial charge on any atom is 0.164 e. The molecule has 10 heteroatoms. The van der Waals surface area contributed by atoms with E-state index in [1.54, 1.807) is 0 Å². The van der Waals surface area contributed by atoms with Crippen LogP contribution in [0.1, 0.15) is 66.8 Å².